The van der Waals surface area contributed by atoms with E-state index < -0.39 is 11.8 Å². The van der Waals surface area contributed by atoms with Gasteiger partial charge in [0.25, 0.3) is 0 Å². The quantitative estimate of drug-likeness (QED) is 0.602. The fraction of sp³-hybridized carbons (Fsp3) is 0.300. The van der Waals surface area contributed by atoms with Crippen molar-refractivity contribution in [3.05, 3.63) is 22.4 Å². The molecule has 0 fully saturated rings. The van der Waals surface area contributed by atoms with Crippen LogP contribution in [0.2, 0.25) is 0 Å². The van der Waals surface area contributed by atoms with Crippen LogP contribution in [-0.4, -0.2) is 35.3 Å². The third-order valence-electron chi connectivity index (χ3n) is 1.96. The molecule has 92 valence electrons. The molecule has 0 aromatic carbocycles. The van der Waals surface area contributed by atoms with Crippen LogP contribution < -0.4 is 11.1 Å². The molecule has 1 aromatic rings. The van der Waals surface area contributed by atoms with E-state index >= 15 is 0 Å². The predicted molar refractivity (Wildman–Crippen MR) is 70.6 cm³/mol. The Kier molecular flexibility index (Phi) is 5.05. The minimum absolute atomic E-state index is 0.0339. The molecule has 0 bridgehead atoms. The number of thiocarbonyl (C=S) groups is 1. The maximum absolute atomic E-state index is 11.6. The summed E-state index contributed by atoms with van der Waals surface area (Å²) in [5.41, 5.74) is 6.21. The number of nitrogens with zero attached hydrogens (tertiary/aromatic N) is 1. The lowest BCUT2D eigenvalue weighted by Gasteiger charge is -2.15. The fourth-order valence-corrected chi connectivity index (χ4v) is 1.88. The summed E-state index contributed by atoms with van der Waals surface area (Å²) in [4.78, 5) is 24.5. The van der Waals surface area contributed by atoms with Gasteiger partial charge >= 0.3 is 11.8 Å². The van der Waals surface area contributed by atoms with E-state index in [1.54, 1.807) is 18.4 Å². The first-order valence-corrected chi connectivity index (χ1v) is 6.18. The van der Waals surface area contributed by atoms with E-state index in [4.69, 9.17) is 5.73 Å². The Balaban J connectivity index is 2.46. The Hall–Kier alpha value is -1.47. The highest BCUT2D eigenvalue weighted by atomic mass is 32.1. The first kappa shape index (κ1) is 13.6. The molecule has 17 heavy (non-hydrogen) atoms. The van der Waals surface area contributed by atoms with E-state index in [0.717, 1.165) is 5.56 Å². The number of thiophene rings is 1. The van der Waals surface area contributed by atoms with Gasteiger partial charge in [-0.2, -0.15) is 11.3 Å². The molecule has 0 unspecified atom stereocenters. The third kappa shape index (κ3) is 4.49. The number of carbonyl (C=O) groups excluding carboxylic acids is 2. The molecular formula is C10H13N3O2S2. The van der Waals surface area contributed by atoms with Crippen LogP contribution in [0.25, 0.3) is 0 Å². The number of nitrogens with two attached hydrogens (primary N) is 1. The molecule has 0 aliphatic carbocycles. The highest BCUT2D eigenvalue weighted by Gasteiger charge is 2.18. The molecule has 5 nitrogen and oxygen atoms in total. The van der Waals surface area contributed by atoms with E-state index in [1.807, 2.05) is 16.8 Å². The minimum Gasteiger partial charge on any atom is -0.392 e. The Labute approximate surface area is 109 Å². The Morgan fingerprint density at radius 2 is 2.29 bits per heavy atom. The van der Waals surface area contributed by atoms with Gasteiger partial charge in [-0.25, -0.2) is 0 Å². The van der Waals surface area contributed by atoms with Crippen LogP contribution in [-0.2, 0) is 16.1 Å². The van der Waals surface area contributed by atoms with Crippen molar-refractivity contribution >= 4 is 40.4 Å². The van der Waals surface area contributed by atoms with Crippen LogP contribution in [0.1, 0.15) is 5.56 Å². The lowest BCUT2D eigenvalue weighted by molar-refractivity contribution is -0.145. The van der Waals surface area contributed by atoms with Crippen molar-refractivity contribution in [2.45, 2.75) is 6.54 Å². The van der Waals surface area contributed by atoms with Gasteiger partial charge in [0.2, 0.25) is 0 Å². The van der Waals surface area contributed by atoms with Gasteiger partial charge in [-0.1, -0.05) is 12.2 Å². The summed E-state index contributed by atoms with van der Waals surface area (Å²) in [5.74, 6) is -1.30. The Morgan fingerprint density at radius 1 is 1.59 bits per heavy atom. The van der Waals surface area contributed by atoms with Crippen LogP contribution in [0, 0.1) is 0 Å². The highest BCUT2D eigenvalue weighted by Crippen LogP contribution is 2.08. The van der Waals surface area contributed by atoms with Crippen molar-refractivity contribution in [2.75, 3.05) is 13.6 Å². The molecule has 3 N–H and O–H groups in total. The van der Waals surface area contributed by atoms with Crippen LogP contribution in [0.3, 0.4) is 0 Å². The van der Waals surface area contributed by atoms with Gasteiger partial charge in [0.15, 0.2) is 0 Å². The lowest BCUT2D eigenvalue weighted by Crippen LogP contribution is -2.43. The van der Waals surface area contributed by atoms with E-state index in [1.165, 1.54) is 4.90 Å². The molecule has 0 atom stereocenters. The zero-order valence-electron chi connectivity index (χ0n) is 9.30. The number of amides is 2. The average Bonchev–Trinajstić information content (AvgIpc) is 2.77. The van der Waals surface area contributed by atoms with Crippen molar-refractivity contribution in [2.24, 2.45) is 5.73 Å². The molecule has 0 saturated carbocycles. The number of hydrogen-bond donors (Lipinski definition) is 2. The number of likely N-dealkylation sites (N-methyl/N-ethyl adjacent to an activating group) is 1. The maximum atomic E-state index is 11.6. The molecule has 1 heterocycles. The molecule has 7 heteroatoms. The van der Waals surface area contributed by atoms with Crippen molar-refractivity contribution in [3.63, 3.8) is 0 Å². The largest absolute Gasteiger partial charge is 0.392 e. The summed E-state index contributed by atoms with van der Waals surface area (Å²) in [6.07, 6.45) is 0. The average molecular weight is 271 g/mol. The van der Waals surface area contributed by atoms with Gasteiger partial charge in [0, 0.05) is 13.6 Å². The molecule has 0 spiro atoms. The summed E-state index contributed by atoms with van der Waals surface area (Å²) in [6, 6.07) is 1.90. The van der Waals surface area contributed by atoms with E-state index in [9.17, 15) is 9.59 Å². The number of rotatable bonds is 4. The second-order valence-corrected chi connectivity index (χ2v) is 4.75. The van der Waals surface area contributed by atoms with Crippen molar-refractivity contribution in [3.8, 4) is 0 Å². The Bertz CT molecular complexity index is 417. The number of carbonyl (C=O) groups is 2. The lowest BCUT2D eigenvalue weighted by atomic mass is 10.3. The first-order chi connectivity index (χ1) is 8.00. The van der Waals surface area contributed by atoms with E-state index in [2.05, 4.69) is 17.5 Å². The monoisotopic (exact) mass is 271 g/mol. The van der Waals surface area contributed by atoms with Crippen LogP contribution in [0.15, 0.2) is 16.8 Å². The summed E-state index contributed by atoms with van der Waals surface area (Å²) in [7, 11) is 1.57. The third-order valence-corrected chi connectivity index (χ3v) is 2.84. The number of nitrogens with one attached hydrogen (secondary N) is 1. The molecule has 0 radical (unpaired) electrons. The molecule has 0 saturated heterocycles. The zero-order valence-corrected chi connectivity index (χ0v) is 10.9. The van der Waals surface area contributed by atoms with Crippen molar-refractivity contribution in [1.29, 1.82) is 0 Å². The summed E-state index contributed by atoms with van der Waals surface area (Å²) in [6.45, 7) is 0.440. The van der Waals surface area contributed by atoms with Gasteiger partial charge in [-0.05, 0) is 22.4 Å². The van der Waals surface area contributed by atoms with Crippen LogP contribution in [0.4, 0.5) is 0 Å². The van der Waals surface area contributed by atoms with Crippen LogP contribution >= 0.6 is 23.6 Å². The second kappa shape index (κ2) is 6.31. The molecule has 1 rings (SSSR count). The molecular weight excluding hydrogens is 258 g/mol. The van der Waals surface area contributed by atoms with Crippen molar-refractivity contribution in [1.82, 2.24) is 10.2 Å². The van der Waals surface area contributed by atoms with Crippen molar-refractivity contribution < 1.29 is 9.59 Å². The van der Waals surface area contributed by atoms with Crippen LogP contribution in [0.5, 0.6) is 0 Å². The smallest absolute Gasteiger partial charge is 0.311 e. The summed E-state index contributed by atoms with van der Waals surface area (Å²) < 4.78 is 0. The molecule has 2 amide bonds. The minimum atomic E-state index is -0.699. The summed E-state index contributed by atoms with van der Waals surface area (Å²) in [5, 5.41) is 6.19. The maximum Gasteiger partial charge on any atom is 0.311 e. The van der Waals surface area contributed by atoms with E-state index in [-0.39, 0.29) is 11.5 Å². The van der Waals surface area contributed by atoms with Gasteiger partial charge in [0.05, 0.1) is 11.5 Å². The van der Waals surface area contributed by atoms with Gasteiger partial charge in [0.1, 0.15) is 0 Å². The second-order valence-electron chi connectivity index (χ2n) is 3.44. The normalized spacial score (nSPS) is 9.71. The molecule has 0 aliphatic rings. The predicted octanol–water partition coefficient (Wildman–Crippen LogP) is 0.109. The topological polar surface area (TPSA) is 75.4 Å². The SMILES string of the molecule is CN(Cc1ccsc1)C(=O)C(=O)NCC(N)=S. The highest BCUT2D eigenvalue weighted by molar-refractivity contribution is 7.80. The standard InChI is InChI=1S/C10H13N3O2S2/c1-13(5-7-2-3-17-6-7)10(15)9(14)12-4-8(11)16/h2-3,6H,4-5H2,1H3,(H2,11,16)(H,12,14). The summed E-state index contributed by atoms with van der Waals surface area (Å²) >= 11 is 6.14. The van der Waals surface area contributed by atoms with Gasteiger partial charge in [-0.15, -0.1) is 0 Å². The van der Waals surface area contributed by atoms with Gasteiger partial charge < -0.3 is 16.0 Å². The van der Waals surface area contributed by atoms with Gasteiger partial charge in [-0.3, -0.25) is 9.59 Å². The Morgan fingerprint density at radius 3 is 2.82 bits per heavy atom. The fourth-order valence-electron chi connectivity index (χ4n) is 1.14. The number of hydrogen-bond acceptors (Lipinski definition) is 4. The zero-order chi connectivity index (χ0) is 12.8. The molecule has 1 aromatic heterocycles. The van der Waals surface area contributed by atoms with E-state index in [0.29, 0.717) is 6.54 Å². The molecule has 0 aliphatic heterocycles. The first-order valence-electron chi connectivity index (χ1n) is 4.83.